The lowest BCUT2D eigenvalue weighted by atomic mass is 9.91. The molecule has 6 bridgehead atoms. The molecule has 436 valence electrons. The Morgan fingerprint density at radius 3 is 1.03 bits per heavy atom. The van der Waals surface area contributed by atoms with Crippen LogP contribution in [-0.2, 0) is 12.8 Å². The number of rotatable bonds is 19. The van der Waals surface area contributed by atoms with Crippen molar-refractivity contribution in [2.75, 3.05) is 0 Å². The van der Waals surface area contributed by atoms with Crippen LogP contribution in [0.2, 0.25) is 66.5 Å². The summed E-state index contributed by atoms with van der Waals surface area (Å²) in [7, 11) is -8.98. The highest BCUT2D eigenvalue weighted by Gasteiger charge is 2.46. The van der Waals surface area contributed by atoms with Crippen LogP contribution in [0, 0.1) is 34.4 Å². The van der Waals surface area contributed by atoms with Gasteiger partial charge in [-0.15, -0.1) is 16.6 Å². The lowest BCUT2D eigenvalue weighted by Gasteiger charge is -2.41. The summed E-state index contributed by atoms with van der Waals surface area (Å²) in [5.74, 6) is 12.7. The highest BCUT2D eigenvalue weighted by atomic mass is 28.3. The van der Waals surface area contributed by atoms with Gasteiger partial charge >= 0.3 is 0 Å². The molecule has 1 aromatic rings. The van der Waals surface area contributed by atoms with Crippen LogP contribution >= 0.6 is 0 Å². The van der Waals surface area contributed by atoms with Crippen molar-refractivity contribution < 1.29 is 0 Å². The Balaban J connectivity index is 2.82. The zero-order valence-electron chi connectivity index (χ0n) is 56.7. The zero-order chi connectivity index (χ0) is 60.2. The minimum Gasteiger partial charge on any atom is -0.353 e. The van der Waals surface area contributed by atoms with Gasteiger partial charge in [0.25, 0.3) is 0 Å². The third-order valence-electron chi connectivity index (χ3n) is 20.7. The second-order valence-electron chi connectivity index (χ2n) is 27.8. The highest BCUT2D eigenvalue weighted by Crippen LogP contribution is 2.48. The Labute approximate surface area is 492 Å². The molecule has 1 N–H and O–H groups in total. The van der Waals surface area contributed by atoms with Gasteiger partial charge in [-0.25, -0.2) is 9.98 Å². The van der Waals surface area contributed by atoms with E-state index in [-0.39, 0.29) is 0 Å². The molecule has 0 saturated heterocycles. The largest absolute Gasteiger partial charge is 0.353 e. The van der Waals surface area contributed by atoms with Gasteiger partial charge in [0.15, 0.2) is 0 Å². The maximum absolute atomic E-state index is 6.11. The van der Waals surface area contributed by atoms with Crippen molar-refractivity contribution in [1.82, 2.24) is 4.98 Å². The van der Waals surface area contributed by atoms with E-state index in [1.807, 2.05) is 0 Å². The Bertz CT molecular complexity index is 2870. The van der Waals surface area contributed by atoms with Crippen molar-refractivity contribution in [3.05, 3.63) is 78.4 Å². The van der Waals surface area contributed by atoms with E-state index in [4.69, 9.17) is 9.98 Å². The molecule has 79 heavy (non-hydrogen) atoms. The molecule has 4 heterocycles. The molecule has 4 rings (SSSR count). The maximum atomic E-state index is 6.11. The number of H-pyrrole nitrogens is 1. The molecular weight excluding hydrogens is 1020 g/mol. The quantitative estimate of drug-likeness (QED) is 0.106. The van der Waals surface area contributed by atoms with Crippen LogP contribution in [0.15, 0.2) is 66.6 Å². The van der Waals surface area contributed by atoms with Crippen molar-refractivity contribution in [3.63, 3.8) is 0 Å². The standard InChI is InChI=1S/C72H117N3Si4/c1-31-58-59(32-2)69-65(38-41-77(48(13)14,49(15)16)50(17)18)70-62(35-5)63(36-6)72(75-70)66(39-42-78(51(19)20,52(21)22)53(23)24)71-61(34-4)60(33-3)68(74-71)64(37-40-76(45(7)8,46(9)10)47(11)12)57(43-67(58)73-69)44-79(54(25)26,55(27)28)56(29)30/h43-56,74H,31-36H2,1-30H3/b57-44+,67-43-,68-64-,70-65-,71-66+. The number of fused-ring (bicyclic) bond motifs is 4. The lowest BCUT2D eigenvalue weighted by molar-refractivity contribution is 0.832. The fourth-order valence-electron chi connectivity index (χ4n) is 16.8. The average molecular weight is 1140 g/mol. The zero-order valence-corrected chi connectivity index (χ0v) is 60.7. The number of allylic oxidation sites excluding steroid dienone is 7. The summed E-state index contributed by atoms with van der Waals surface area (Å²) in [4.78, 5) is 16.6. The molecule has 0 atom stereocenters. The van der Waals surface area contributed by atoms with Gasteiger partial charge in [-0.3, -0.25) is 0 Å². The molecule has 3 aliphatic heterocycles. The van der Waals surface area contributed by atoms with Crippen LogP contribution in [-0.4, -0.2) is 48.7 Å². The predicted molar refractivity (Wildman–Crippen MR) is 366 cm³/mol. The van der Waals surface area contributed by atoms with Gasteiger partial charge in [-0.05, 0) is 150 Å². The van der Waals surface area contributed by atoms with Gasteiger partial charge < -0.3 is 4.98 Å². The number of aromatic amines is 1. The lowest BCUT2D eigenvalue weighted by Crippen LogP contribution is -2.43. The normalized spacial score (nSPS) is 19.6. The molecule has 0 aliphatic carbocycles. The van der Waals surface area contributed by atoms with Crippen molar-refractivity contribution in [2.45, 2.75) is 313 Å². The Hall–Kier alpha value is -3.39. The van der Waals surface area contributed by atoms with E-state index in [9.17, 15) is 0 Å². The van der Waals surface area contributed by atoms with Crippen LogP contribution in [0.25, 0.3) is 11.1 Å². The van der Waals surface area contributed by atoms with Gasteiger partial charge in [0.05, 0.1) is 58.3 Å². The number of hydrogen-bond donors (Lipinski definition) is 1. The first-order valence-electron chi connectivity index (χ1n) is 32.2. The van der Waals surface area contributed by atoms with Crippen LogP contribution in [0.4, 0.5) is 0 Å². The molecule has 7 heteroatoms. The van der Waals surface area contributed by atoms with Gasteiger partial charge in [0.2, 0.25) is 0 Å². The van der Waals surface area contributed by atoms with E-state index in [1.165, 1.54) is 44.3 Å². The second-order valence-corrected chi connectivity index (χ2v) is 50.3. The average Bonchev–Trinajstić information content (AvgIpc) is 4.09. The summed E-state index contributed by atoms with van der Waals surface area (Å²) in [6.45, 7) is 73.3. The summed E-state index contributed by atoms with van der Waals surface area (Å²) >= 11 is 0. The van der Waals surface area contributed by atoms with Crippen LogP contribution in [0.1, 0.15) is 245 Å². The van der Waals surface area contributed by atoms with Gasteiger partial charge in [-0.1, -0.05) is 231 Å². The minimum atomic E-state index is -2.27. The van der Waals surface area contributed by atoms with Crippen molar-refractivity contribution in [3.8, 4) is 34.4 Å². The van der Waals surface area contributed by atoms with E-state index in [0.717, 1.165) is 83.4 Å². The summed E-state index contributed by atoms with van der Waals surface area (Å²) in [5.41, 5.74) is 38.3. The number of aromatic nitrogens is 1. The molecule has 3 nitrogen and oxygen atoms in total. The van der Waals surface area contributed by atoms with Crippen LogP contribution in [0.3, 0.4) is 0 Å². The van der Waals surface area contributed by atoms with Gasteiger partial charge in [0, 0.05) is 0 Å². The number of nitrogens with one attached hydrogen (secondary N) is 1. The Morgan fingerprint density at radius 1 is 0.380 bits per heavy atom. The van der Waals surface area contributed by atoms with E-state index >= 15 is 0 Å². The molecule has 0 amide bonds. The van der Waals surface area contributed by atoms with Gasteiger partial charge in [-0.2, -0.15) is 0 Å². The molecule has 0 aromatic carbocycles. The minimum absolute atomic E-state index is 0.480. The third-order valence-corrected chi connectivity index (χ3v) is 46.4. The summed E-state index contributed by atoms with van der Waals surface area (Å²) in [5, 5.41) is 2.32. The Morgan fingerprint density at radius 2 is 0.696 bits per heavy atom. The smallest absolute Gasteiger partial charge is 0.146 e. The molecule has 3 aliphatic rings. The van der Waals surface area contributed by atoms with Gasteiger partial charge in [0.1, 0.15) is 24.2 Å². The predicted octanol–water partition coefficient (Wildman–Crippen LogP) is 20.5. The molecule has 0 fully saturated rings. The first-order valence-corrected chi connectivity index (χ1v) is 41.2. The number of hydrogen-bond acceptors (Lipinski definition) is 2. The molecule has 0 unspecified atom stereocenters. The molecule has 1 aromatic heterocycles. The van der Waals surface area contributed by atoms with Crippen LogP contribution in [0.5, 0.6) is 0 Å². The number of nitrogens with zero attached hydrogens (tertiary/aromatic N) is 2. The molecule has 0 spiro atoms. The highest BCUT2D eigenvalue weighted by molar-refractivity contribution is 6.92. The van der Waals surface area contributed by atoms with E-state index in [1.54, 1.807) is 0 Å². The second kappa shape index (κ2) is 27.3. The van der Waals surface area contributed by atoms with Crippen LogP contribution < -0.4 is 10.7 Å². The topological polar surface area (TPSA) is 40.5 Å². The molecular formula is C72H117N3Si4. The van der Waals surface area contributed by atoms with Crippen molar-refractivity contribution in [2.24, 2.45) is 9.98 Å². The summed E-state index contributed by atoms with van der Waals surface area (Å²) < 4.78 is 0. The SMILES string of the molecule is CCC1=C(CC)/C2=C/C(=C\[Si](C(C)C)(C(C)C)C(C)C)C(/C#C[Si](C(C)C)(C(C)C)C(C)C)=c3\[nH]/c(c(CC)c3CC)=C(\C#C[Si](C(C)C)(C(C)C)C(C)C)C3=N/C(=C(/C#C[Si](C(C)C)(C(C)C)C(C)C)C1=N2)C(CC)=C3CC. The monoisotopic (exact) mass is 1140 g/mol. The summed E-state index contributed by atoms with van der Waals surface area (Å²) in [6.07, 6.45) is 7.72. The maximum Gasteiger partial charge on any atom is 0.146 e. The fourth-order valence-corrected chi connectivity index (χ4v) is 38.2. The molecule has 0 saturated carbocycles. The van der Waals surface area contributed by atoms with E-state index in [0.29, 0.717) is 66.5 Å². The fraction of sp³-hybridized carbons (Fsp3) is 0.667. The van der Waals surface area contributed by atoms with Crippen molar-refractivity contribution >= 4 is 54.9 Å². The first kappa shape index (κ1) is 68.1. The van der Waals surface area contributed by atoms with Crippen molar-refractivity contribution in [1.29, 1.82) is 0 Å². The van der Waals surface area contributed by atoms with E-state index < -0.39 is 32.3 Å². The molecule has 0 radical (unpaired) electrons. The number of aliphatic imine (C=N–C) groups is 2. The summed E-state index contributed by atoms with van der Waals surface area (Å²) in [6, 6.07) is 0. The third kappa shape index (κ3) is 12.2. The van der Waals surface area contributed by atoms with E-state index in [2.05, 4.69) is 259 Å². The first-order chi connectivity index (χ1) is 36.8. The Kier molecular flexibility index (Phi) is 23.6.